The van der Waals surface area contributed by atoms with Gasteiger partial charge in [0.1, 0.15) is 18.1 Å². The van der Waals surface area contributed by atoms with E-state index in [-0.39, 0.29) is 6.61 Å². The van der Waals surface area contributed by atoms with Gasteiger partial charge in [-0.2, -0.15) is 0 Å². The number of amides is 1. The number of aromatic nitrogens is 1. The highest BCUT2D eigenvalue weighted by molar-refractivity contribution is 5.97. The van der Waals surface area contributed by atoms with Crippen molar-refractivity contribution in [2.24, 2.45) is 0 Å². The number of carbonyl (C=O) groups is 2. The number of ether oxygens (including phenoxy) is 2. The Kier molecular flexibility index (Phi) is 6.51. The zero-order valence-electron chi connectivity index (χ0n) is 17.4. The smallest absolute Gasteiger partial charge is 0.339 e. The van der Waals surface area contributed by atoms with Crippen LogP contribution in [0.1, 0.15) is 39.9 Å². The Bertz CT molecular complexity index is 1040. The van der Waals surface area contributed by atoms with Crippen molar-refractivity contribution in [3.8, 4) is 5.75 Å². The summed E-state index contributed by atoms with van der Waals surface area (Å²) >= 11 is 0. The first-order valence-electron chi connectivity index (χ1n) is 9.56. The van der Waals surface area contributed by atoms with Gasteiger partial charge < -0.3 is 19.3 Å². The van der Waals surface area contributed by atoms with Gasteiger partial charge in [0.2, 0.25) is 0 Å². The van der Waals surface area contributed by atoms with E-state index < -0.39 is 18.0 Å². The second-order valence-electron chi connectivity index (χ2n) is 7.03. The van der Waals surface area contributed by atoms with E-state index in [1.165, 1.54) is 6.92 Å². The summed E-state index contributed by atoms with van der Waals surface area (Å²) in [7, 11) is 0. The van der Waals surface area contributed by atoms with E-state index >= 15 is 0 Å². The average Bonchev–Trinajstić information content (AvgIpc) is 3.04. The van der Waals surface area contributed by atoms with E-state index in [4.69, 9.17) is 14.0 Å². The molecule has 1 atom stereocenters. The van der Waals surface area contributed by atoms with Crippen LogP contribution in [0.25, 0.3) is 0 Å². The molecule has 0 saturated carbocycles. The van der Waals surface area contributed by atoms with E-state index in [0.29, 0.717) is 22.8 Å². The first kappa shape index (κ1) is 21.1. The van der Waals surface area contributed by atoms with Gasteiger partial charge in [0.25, 0.3) is 5.91 Å². The number of carbonyl (C=O) groups excluding carboxylic acids is 2. The highest BCUT2D eigenvalue weighted by atomic mass is 16.5. The Balaban J connectivity index is 1.59. The van der Waals surface area contributed by atoms with Crippen LogP contribution in [0.2, 0.25) is 0 Å². The molecule has 0 spiro atoms. The molecule has 3 aromatic rings. The lowest BCUT2D eigenvalue weighted by molar-refractivity contribution is -0.123. The second-order valence-corrected chi connectivity index (χ2v) is 7.03. The molecular formula is C23H24N2O5. The summed E-state index contributed by atoms with van der Waals surface area (Å²) in [6.07, 6.45) is -0.954. The summed E-state index contributed by atoms with van der Waals surface area (Å²) in [5.74, 6) is 0.183. The number of benzene rings is 2. The molecule has 3 rings (SSSR count). The van der Waals surface area contributed by atoms with Crippen LogP contribution in [0.4, 0.5) is 5.69 Å². The minimum absolute atomic E-state index is 0.273. The molecule has 7 nitrogen and oxygen atoms in total. The number of esters is 1. The Morgan fingerprint density at radius 3 is 2.57 bits per heavy atom. The first-order chi connectivity index (χ1) is 14.3. The fourth-order valence-electron chi connectivity index (χ4n) is 2.83. The third-order valence-electron chi connectivity index (χ3n) is 4.57. The highest BCUT2D eigenvalue weighted by Gasteiger charge is 2.19. The number of anilines is 1. The SMILES string of the molecule is Cc1cccc(NC(=O)[C@H](C)OC(=O)c2cccc(OCc3c(C)noc3C)c2)c1. The van der Waals surface area contributed by atoms with E-state index in [1.807, 2.05) is 39.0 Å². The Labute approximate surface area is 175 Å². The number of nitrogens with zero attached hydrogens (tertiary/aromatic N) is 1. The van der Waals surface area contributed by atoms with Crippen LogP contribution in [-0.4, -0.2) is 23.1 Å². The van der Waals surface area contributed by atoms with Crippen molar-refractivity contribution in [2.75, 3.05) is 5.32 Å². The van der Waals surface area contributed by atoms with Gasteiger partial charge in [-0.1, -0.05) is 23.4 Å². The zero-order valence-corrected chi connectivity index (χ0v) is 17.4. The number of rotatable bonds is 7. The van der Waals surface area contributed by atoms with E-state index in [2.05, 4.69) is 10.5 Å². The summed E-state index contributed by atoms with van der Waals surface area (Å²) in [5.41, 5.74) is 3.59. The predicted molar refractivity (Wildman–Crippen MR) is 111 cm³/mol. The molecule has 0 aliphatic rings. The third-order valence-corrected chi connectivity index (χ3v) is 4.57. The van der Waals surface area contributed by atoms with Gasteiger partial charge in [0.05, 0.1) is 16.8 Å². The van der Waals surface area contributed by atoms with Crippen LogP contribution in [0.3, 0.4) is 0 Å². The average molecular weight is 408 g/mol. The van der Waals surface area contributed by atoms with Crippen LogP contribution < -0.4 is 10.1 Å². The molecule has 0 saturated heterocycles. The van der Waals surface area contributed by atoms with Gasteiger partial charge in [-0.3, -0.25) is 4.79 Å². The lowest BCUT2D eigenvalue weighted by Crippen LogP contribution is -2.30. The van der Waals surface area contributed by atoms with E-state index in [1.54, 1.807) is 30.3 Å². The number of hydrogen-bond acceptors (Lipinski definition) is 6. The molecule has 0 radical (unpaired) electrons. The van der Waals surface area contributed by atoms with Crippen molar-refractivity contribution >= 4 is 17.6 Å². The van der Waals surface area contributed by atoms with Crippen molar-refractivity contribution in [2.45, 2.75) is 40.4 Å². The molecule has 0 unspecified atom stereocenters. The molecule has 1 heterocycles. The Morgan fingerprint density at radius 2 is 1.87 bits per heavy atom. The lowest BCUT2D eigenvalue weighted by atomic mass is 10.2. The molecule has 1 aromatic heterocycles. The van der Waals surface area contributed by atoms with Crippen molar-refractivity contribution in [3.05, 3.63) is 76.7 Å². The maximum atomic E-state index is 12.5. The van der Waals surface area contributed by atoms with Crippen molar-refractivity contribution in [1.82, 2.24) is 5.16 Å². The number of hydrogen-bond donors (Lipinski definition) is 1. The fourth-order valence-corrected chi connectivity index (χ4v) is 2.83. The van der Waals surface area contributed by atoms with Gasteiger partial charge in [-0.15, -0.1) is 0 Å². The summed E-state index contributed by atoms with van der Waals surface area (Å²) in [6, 6.07) is 14.0. The fraction of sp³-hybridized carbons (Fsp3) is 0.261. The van der Waals surface area contributed by atoms with Crippen LogP contribution in [0.5, 0.6) is 5.75 Å². The van der Waals surface area contributed by atoms with Gasteiger partial charge in [0.15, 0.2) is 6.10 Å². The minimum atomic E-state index is -0.954. The molecule has 0 bridgehead atoms. The van der Waals surface area contributed by atoms with Crippen LogP contribution in [0.15, 0.2) is 53.1 Å². The molecule has 0 aliphatic carbocycles. The van der Waals surface area contributed by atoms with E-state index in [9.17, 15) is 9.59 Å². The minimum Gasteiger partial charge on any atom is -0.489 e. The van der Waals surface area contributed by atoms with Gasteiger partial charge in [-0.25, -0.2) is 4.79 Å². The van der Waals surface area contributed by atoms with Crippen molar-refractivity contribution in [3.63, 3.8) is 0 Å². The molecule has 0 aliphatic heterocycles. The molecule has 1 N–H and O–H groups in total. The monoisotopic (exact) mass is 408 g/mol. The van der Waals surface area contributed by atoms with Crippen LogP contribution in [0, 0.1) is 20.8 Å². The predicted octanol–water partition coefficient (Wildman–Crippen LogP) is 4.36. The Hall–Kier alpha value is -3.61. The largest absolute Gasteiger partial charge is 0.489 e. The van der Waals surface area contributed by atoms with Gasteiger partial charge >= 0.3 is 5.97 Å². The highest BCUT2D eigenvalue weighted by Crippen LogP contribution is 2.19. The van der Waals surface area contributed by atoms with E-state index in [0.717, 1.165) is 16.8 Å². The van der Waals surface area contributed by atoms with Crippen LogP contribution >= 0.6 is 0 Å². The molecule has 156 valence electrons. The van der Waals surface area contributed by atoms with Crippen molar-refractivity contribution in [1.29, 1.82) is 0 Å². The molecule has 0 fully saturated rings. The molecule has 30 heavy (non-hydrogen) atoms. The van der Waals surface area contributed by atoms with Gasteiger partial charge in [0, 0.05) is 5.69 Å². The molecular weight excluding hydrogens is 384 g/mol. The summed E-state index contributed by atoms with van der Waals surface area (Å²) in [5, 5.41) is 6.63. The van der Waals surface area contributed by atoms with Gasteiger partial charge in [-0.05, 0) is 63.6 Å². The lowest BCUT2D eigenvalue weighted by Gasteiger charge is -2.14. The summed E-state index contributed by atoms with van der Waals surface area (Å²) < 4.78 is 16.2. The number of aryl methyl sites for hydroxylation is 3. The normalized spacial score (nSPS) is 11.6. The Morgan fingerprint density at radius 1 is 1.10 bits per heavy atom. The molecule has 1 amide bonds. The first-order valence-corrected chi connectivity index (χ1v) is 9.56. The van der Waals surface area contributed by atoms with Crippen molar-refractivity contribution < 1.29 is 23.6 Å². The summed E-state index contributed by atoms with van der Waals surface area (Å²) in [6.45, 7) is 7.39. The standard InChI is InChI=1S/C23H24N2O5/c1-14-7-5-9-19(11-14)24-22(26)17(4)29-23(27)18-8-6-10-20(12-18)28-13-21-15(2)25-30-16(21)3/h5-12,17H,13H2,1-4H3,(H,24,26)/t17-/m0/s1. The second kappa shape index (κ2) is 9.26. The van der Waals surface area contributed by atoms with Crippen LogP contribution in [-0.2, 0) is 16.1 Å². The zero-order chi connectivity index (χ0) is 21.7. The number of nitrogens with one attached hydrogen (secondary N) is 1. The molecule has 2 aromatic carbocycles. The quantitative estimate of drug-likeness (QED) is 0.584. The topological polar surface area (TPSA) is 90.7 Å². The maximum Gasteiger partial charge on any atom is 0.339 e. The summed E-state index contributed by atoms with van der Waals surface area (Å²) in [4.78, 5) is 24.8. The molecule has 7 heteroatoms. The maximum absolute atomic E-state index is 12.5. The third kappa shape index (κ3) is 5.26.